The van der Waals surface area contributed by atoms with Gasteiger partial charge in [-0.1, -0.05) is 6.07 Å². The topological polar surface area (TPSA) is 77.8 Å². The van der Waals surface area contributed by atoms with E-state index in [0.29, 0.717) is 44.6 Å². The third-order valence-electron chi connectivity index (χ3n) is 7.01. The van der Waals surface area contributed by atoms with Crippen molar-refractivity contribution < 1.29 is 22.8 Å². The molecule has 0 aromatic heterocycles. The summed E-state index contributed by atoms with van der Waals surface area (Å²) in [6.45, 7) is 11.8. The Morgan fingerprint density at radius 3 is 2.49 bits per heavy atom. The van der Waals surface area contributed by atoms with E-state index in [-0.39, 0.29) is 17.0 Å². The number of hydrogen-bond acceptors (Lipinski definition) is 3. The lowest BCUT2D eigenvalue weighted by atomic mass is 9.81. The van der Waals surface area contributed by atoms with Gasteiger partial charge in [0.15, 0.2) is 11.6 Å². The molecule has 0 aliphatic carbocycles. The first-order chi connectivity index (χ1) is 17.7. The Morgan fingerprint density at radius 1 is 1.14 bits per heavy atom. The molecule has 4 rings (SSSR count). The number of halogens is 3. The Kier molecular flexibility index (Phi) is 7.83. The van der Waals surface area contributed by atoms with Crippen molar-refractivity contribution in [3.8, 4) is 0 Å². The van der Waals surface area contributed by atoms with Crippen LogP contribution in [0.1, 0.15) is 43.4 Å². The molecule has 194 valence electrons. The van der Waals surface area contributed by atoms with E-state index < -0.39 is 35.2 Å². The molecule has 1 unspecified atom stereocenters. The summed E-state index contributed by atoms with van der Waals surface area (Å²) in [5, 5.41) is 8.01. The van der Waals surface area contributed by atoms with E-state index in [1.165, 1.54) is 18.2 Å². The average molecular weight is 512 g/mol. The van der Waals surface area contributed by atoms with E-state index >= 15 is 0 Å². The van der Waals surface area contributed by atoms with Gasteiger partial charge in [-0.3, -0.25) is 4.79 Å². The van der Waals surface area contributed by atoms with Gasteiger partial charge in [-0.05, 0) is 61.9 Å². The molecule has 1 atom stereocenters. The number of urea groups is 1. The number of nitrogens with zero attached hydrogens (tertiary/aromatic N) is 2. The first-order valence-electron chi connectivity index (χ1n) is 12.1. The molecular weight excluding hydrogens is 483 g/mol. The fourth-order valence-corrected chi connectivity index (χ4v) is 4.91. The van der Waals surface area contributed by atoms with Crippen molar-refractivity contribution in [2.45, 2.75) is 37.8 Å². The molecule has 1 fully saturated rings. The van der Waals surface area contributed by atoms with E-state index in [9.17, 15) is 22.8 Å². The first kappa shape index (κ1) is 26.2. The molecule has 0 radical (unpaired) electrons. The maximum Gasteiger partial charge on any atom is 0.319 e. The summed E-state index contributed by atoms with van der Waals surface area (Å²) in [6.07, 6.45) is 1.94. The van der Waals surface area contributed by atoms with Crippen LogP contribution in [-0.2, 0) is 10.3 Å². The molecule has 3 amide bonds. The van der Waals surface area contributed by atoms with Crippen molar-refractivity contribution in [2.24, 2.45) is 0 Å². The summed E-state index contributed by atoms with van der Waals surface area (Å²) >= 11 is 0. The van der Waals surface area contributed by atoms with Gasteiger partial charge in [0.1, 0.15) is 5.82 Å². The lowest BCUT2D eigenvalue weighted by molar-refractivity contribution is -0.118. The van der Waals surface area contributed by atoms with E-state index in [1.54, 1.807) is 19.1 Å². The molecule has 1 saturated heterocycles. The zero-order valence-corrected chi connectivity index (χ0v) is 20.4. The molecular formula is C27H28F3N5O2. The van der Waals surface area contributed by atoms with Crippen LogP contribution in [0, 0.1) is 24.0 Å². The molecule has 2 aliphatic heterocycles. The van der Waals surface area contributed by atoms with E-state index in [2.05, 4.69) is 25.7 Å². The summed E-state index contributed by atoms with van der Waals surface area (Å²) < 4.78 is 40.5. The Morgan fingerprint density at radius 2 is 1.84 bits per heavy atom. The van der Waals surface area contributed by atoms with E-state index in [0.717, 1.165) is 24.2 Å². The summed E-state index contributed by atoms with van der Waals surface area (Å²) in [5.41, 5.74) is 1.02. The van der Waals surface area contributed by atoms with Crippen LogP contribution in [0.3, 0.4) is 0 Å². The predicted octanol–water partition coefficient (Wildman–Crippen LogP) is 4.15. The Balaban J connectivity index is 1.31. The highest BCUT2D eigenvalue weighted by atomic mass is 19.2. The maximum absolute atomic E-state index is 13.8. The van der Waals surface area contributed by atoms with Crippen molar-refractivity contribution in [1.29, 1.82) is 0 Å². The van der Waals surface area contributed by atoms with Crippen molar-refractivity contribution in [3.63, 3.8) is 0 Å². The summed E-state index contributed by atoms with van der Waals surface area (Å²) in [5.74, 6) is -2.82. The van der Waals surface area contributed by atoms with Crippen LogP contribution in [0.15, 0.2) is 53.7 Å². The summed E-state index contributed by atoms with van der Waals surface area (Å²) in [4.78, 5) is 31.1. The smallest absolute Gasteiger partial charge is 0.319 e. The quantitative estimate of drug-likeness (QED) is 0.386. The number of benzene rings is 2. The molecule has 10 heteroatoms. The van der Waals surface area contributed by atoms with E-state index in [4.69, 9.17) is 6.57 Å². The Hall–Kier alpha value is -3.84. The number of hydrogen-bond donors (Lipinski definition) is 3. The van der Waals surface area contributed by atoms with Crippen LogP contribution in [0.4, 0.5) is 18.0 Å². The van der Waals surface area contributed by atoms with Crippen molar-refractivity contribution >= 4 is 11.9 Å². The second kappa shape index (κ2) is 11.0. The van der Waals surface area contributed by atoms with Crippen LogP contribution in [0.2, 0.25) is 0 Å². The van der Waals surface area contributed by atoms with Crippen LogP contribution < -0.4 is 16.0 Å². The zero-order chi connectivity index (χ0) is 26.6. The molecule has 2 aliphatic rings. The lowest BCUT2D eigenvalue weighted by Crippen LogP contribution is -2.47. The van der Waals surface area contributed by atoms with Gasteiger partial charge in [-0.25, -0.2) is 24.5 Å². The van der Waals surface area contributed by atoms with Gasteiger partial charge in [0.2, 0.25) is 0 Å². The minimum atomic E-state index is -1.06. The van der Waals surface area contributed by atoms with Gasteiger partial charge >= 0.3 is 6.03 Å². The zero-order valence-electron chi connectivity index (χ0n) is 20.4. The molecule has 3 N–H and O–H groups in total. The number of carbonyl (C=O) groups excluding carboxylic acids is 2. The van der Waals surface area contributed by atoms with Crippen molar-refractivity contribution in [3.05, 3.63) is 93.7 Å². The number of amides is 3. The van der Waals surface area contributed by atoms with Crippen LogP contribution >= 0.6 is 0 Å². The highest BCUT2D eigenvalue weighted by Gasteiger charge is 2.42. The number of carbonyl (C=O) groups is 2. The Labute approximate surface area is 213 Å². The minimum Gasteiger partial charge on any atom is -0.352 e. The highest BCUT2D eigenvalue weighted by Crippen LogP contribution is 2.37. The minimum absolute atomic E-state index is 0.227. The van der Waals surface area contributed by atoms with Crippen molar-refractivity contribution in [2.75, 3.05) is 26.2 Å². The van der Waals surface area contributed by atoms with E-state index in [1.807, 2.05) is 0 Å². The maximum atomic E-state index is 13.8. The van der Waals surface area contributed by atoms with Crippen LogP contribution in [-0.4, -0.2) is 43.0 Å². The molecule has 7 nitrogen and oxygen atoms in total. The first-order valence-corrected chi connectivity index (χ1v) is 12.1. The van der Waals surface area contributed by atoms with Crippen LogP contribution in [0.25, 0.3) is 4.85 Å². The standard InChI is InChI=1S/C27H28F3N5O2/c1-17-23(24(34-26(37)33-17)18-4-9-21(29)22(30)16-18)25(36)32-12-3-13-35-14-10-27(31-2,11-15-35)19-5-7-20(28)8-6-19/h4-9,16,24H,3,10-15H2,1H3,(H,32,36)(H2,33,34,37). The molecule has 2 aromatic rings. The highest BCUT2D eigenvalue weighted by molar-refractivity contribution is 5.98. The fraction of sp³-hybridized carbons (Fsp3) is 0.370. The average Bonchev–Trinajstić information content (AvgIpc) is 2.88. The van der Waals surface area contributed by atoms with Crippen molar-refractivity contribution in [1.82, 2.24) is 20.9 Å². The number of allylic oxidation sites excluding steroid dienone is 1. The summed E-state index contributed by atoms with van der Waals surface area (Å²) in [6, 6.07) is 7.96. The Bertz CT molecular complexity index is 1250. The van der Waals surface area contributed by atoms with Gasteiger partial charge in [-0.2, -0.15) is 0 Å². The van der Waals surface area contributed by atoms with Gasteiger partial charge in [-0.15, -0.1) is 0 Å². The molecule has 37 heavy (non-hydrogen) atoms. The molecule has 0 spiro atoms. The van der Waals surface area contributed by atoms with Gasteiger partial charge in [0, 0.05) is 43.7 Å². The largest absolute Gasteiger partial charge is 0.352 e. The number of piperidine rings is 1. The molecule has 2 heterocycles. The predicted molar refractivity (Wildman–Crippen MR) is 131 cm³/mol. The SMILES string of the molecule is [C-]#[N+]C1(c2ccc(F)cc2)CCN(CCCNC(=O)C2=C(C)NC(=O)NC2c2ccc(F)c(F)c2)CC1. The lowest BCUT2D eigenvalue weighted by Gasteiger charge is -2.34. The number of rotatable bonds is 7. The second-order valence-electron chi connectivity index (χ2n) is 9.35. The number of nitrogens with one attached hydrogen (secondary N) is 3. The van der Waals surface area contributed by atoms with Gasteiger partial charge in [0.25, 0.3) is 11.4 Å². The monoisotopic (exact) mass is 511 g/mol. The fourth-order valence-electron chi connectivity index (χ4n) is 4.91. The van der Waals surface area contributed by atoms with Gasteiger partial charge < -0.3 is 25.7 Å². The normalized spacial score (nSPS) is 19.5. The third-order valence-corrected chi connectivity index (χ3v) is 7.01. The molecule has 0 saturated carbocycles. The molecule has 0 bridgehead atoms. The second-order valence-corrected chi connectivity index (χ2v) is 9.35. The number of likely N-dealkylation sites (tertiary alicyclic amines) is 1. The van der Waals surface area contributed by atoms with Crippen LogP contribution in [0.5, 0.6) is 0 Å². The molecule has 2 aromatic carbocycles. The summed E-state index contributed by atoms with van der Waals surface area (Å²) in [7, 11) is 0. The third kappa shape index (κ3) is 5.78. The van der Waals surface area contributed by atoms with Gasteiger partial charge in [0.05, 0.1) is 11.6 Å².